The molecule has 13 nitrogen and oxygen atoms in total. The van der Waals surface area contributed by atoms with E-state index in [0.29, 0.717) is 6.42 Å². The highest BCUT2D eigenvalue weighted by atomic mass is 32.2. The van der Waals surface area contributed by atoms with Gasteiger partial charge in [0.25, 0.3) is 17.2 Å². The third-order valence-corrected chi connectivity index (χ3v) is 7.19. The number of hydrogen-bond donors (Lipinski definition) is 3. The summed E-state index contributed by atoms with van der Waals surface area (Å²) in [5.74, 6) is -3.09. The standard InChI is InChI=1S/C20H19N5O8S2/c1-3-4-33-15-9(13(26)14(15)27)7-5-34-18-11(17(29)25(18)12(7)19(30)31)23-16(28)10(24-32-2)8-6-35-20(21)22-8/h6,11,18H,3-5H2,1-2H3,(H2,21,22)(H,23,28)(H,30,31)/b24-10-. The largest absolute Gasteiger partial charge is 0.489 e. The fourth-order valence-corrected chi connectivity index (χ4v) is 5.60. The van der Waals surface area contributed by atoms with Gasteiger partial charge in [-0.25, -0.2) is 9.78 Å². The van der Waals surface area contributed by atoms with E-state index in [2.05, 4.69) is 15.5 Å². The summed E-state index contributed by atoms with van der Waals surface area (Å²) in [6, 6.07) is -1.06. The Kier molecular flexibility index (Phi) is 6.62. The SMILES string of the molecule is CCCOc1c(C2=C(C(=O)O)N3C(=O)C(NC(=O)/C(=N\OC)c4csc(N)n4)C3SC2)c(=O)c1=O. The molecule has 0 saturated carbocycles. The van der Waals surface area contributed by atoms with Crippen molar-refractivity contribution in [2.24, 2.45) is 5.16 Å². The predicted molar refractivity (Wildman–Crippen MR) is 127 cm³/mol. The molecule has 3 heterocycles. The van der Waals surface area contributed by atoms with Crippen LogP contribution in [0.3, 0.4) is 0 Å². The number of carbonyl (C=O) groups is 3. The highest BCUT2D eigenvalue weighted by Crippen LogP contribution is 2.44. The van der Waals surface area contributed by atoms with Crippen molar-refractivity contribution in [1.82, 2.24) is 15.2 Å². The fourth-order valence-electron chi connectivity index (χ4n) is 3.70. The van der Waals surface area contributed by atoms with E-state index < -0.39 is 45.8 Å². The van der Waals surface area contributed by atoms with Crippen LogP contribution in [0.1, 0.15) is 24.6 Å². The molecule has 2 amide bonds. The van der Waals surface area contributed by atoms with Crippen LogP contribution >= 0.6 is 23.1 Å². The maximum Gasteiger partial charge on any atom is 0.352 e. The number of oxime groups is 1. The molecule has 1 fully saturated rings. The average molecular weight is 522 g/mol. The molecule has 2 aliphatic heterocycles. The number of carboxylic acid groups (broad SMARTS) is 1. The number of amides is 2. The molecule has 15 heteroatoms. The van der Waals surface area contributed by atoms with Gasteiger partial charge in [-0.05, 0) is 6.42 Å². The lowest BCUT2D eigenvalue weighted by Crippen LogP contribution is -2.71. The number of ether oxygens (including phenoxy) is 1. The van der Waals surface area contributed by atoms with Gasteiger partial charge in [0.15, 0.2) is 16.6 Å². The van der Waals surface area contributed by atoms with E-state index in [1.54, 1.807) is 0 Å². The van der Waals surface area contributed by atoms with Gasteiger partial charge in [-0.3, -0.25) is 24.1 Å². The number of aliphatic carboxylic acids is 1. The molecular formula is C20H19N5O8S2. The highest BCUT2D eigenvalue weighted by Gasteiger charge is 2.55. The molecule has 2 aliphatic rings. The van der Waals surface area contributed by atoms with Crippen LogP contribution in [0.25, 0.3) is 5.57 Å². The summed E-state index contributed by atoms with van der Waals surface area (Å²) in [5.41, 5.74) is 3.36. The minimum Gasteiger partial charge on any atom is -0.489 e. The van der Waals surface area contributed by atoms with Gasteiger partial charge in [0, 0.05) is 16.7 Å². The number of carboxylic acids is 1. The molecule has 4 N–H and O–H groups in total. The second-order valence-electron chi connectivity index (χ2n) is 7.40. The Labute approximate surface area is 205 Å². The molecule has 1 saturated heterocycles. The Morgan fingerprint density at radius 2 is 2.09 bits per heavy atom. The molecule has 1 aromatic heterocycles. The van der Waals surface area contributed by atoms with E-state index >= 15 is 0 Å². The van der Waals surface area contributed by atoms with Crippen molar-refractivity contribution in [2.45, 2.75) is 24.8 Å². The van der Waals surface area contributed by atoms with E-state index in [-0.39, 0.29) is 45.8 Å². The number of β-lactam (4-membered cyclic amide) rings is 1. The van der Waals surface area contributed by atoms with E-state index in [0.717, 1.165) is 28.0 Å². The second kappa shape index (κ2) is 9.50. The maximum absolute atomic E-state index is 12.9. The lowest BCUT2D eigenvalue weighted by Gasteiger charge is -2.49. The number of nitrogen functional groups attached to an aromatic ring is 1. The number of nitrogens with zero attached hydrogens (tertiary/aromatic N) is 3. The predicted octanol–water partition coefficient (Wildman–Crippen LogP) is -0.644. The zero-order chi connectivity index (χ0) is 25.4. The first-order valence-electron chi connectivity index (χ1n) is 10.2. The Morgan fingerprint density at radius 3 is 2.69 bits per heavy atom. The quantitative estimate of drug-likeness (QED) is 0.165. The van der Waals surface area contributed by atoms with E-state index in [4.69, 9.17) is 15.3 Å². The lowest BCUT2D eigenvalue weighted by atomic mass is 9.95. The highest BCUT2D eigenvalue weighted by molar-refractivity contribution is 8.00. The molecule has 0 aliphatic carbocycles. The van der Waals surface area contributed by atoms with Gasteiger partial charge in [-0.2, -0.15) is 0 Å². The molecule has 2 atom stereocenters. The number of nitrogens with two attached hydrogens (primary N) is 1. The number of aromatic nitrogens is 1. The van der Waals surface area contributed by atoms with Gasteiger partial charge in [0.2, 0.25) is 5.43 Å². The minimum absolute atomic E-state index is 0.0113. The molecule has 184 valence electrons. The lowest BCUT2D eigenvalue weighted by molar-refractivity contribution is -0.149. The van der Waals surface area contributed by atoms with Crippen molar-refractivity contribution >= 4 is 57.3 Å². The summed E-state index contributed by atoms with van der Waals surface area (Å²) in [6.07, 6.45) is 0.577. The number of rotatable bonds is 9. The van der Waals surface area contributed by atoms with Crippen molar-refractivity contribution in [2.75, 3.05) is 25.2 Å². The molecule has 0 bridgehead atoms. The van der Waals surface area contributed by atoms with Crippen LogP contribution in [0, 0.1) is 0 Å². The normalized spacial score (nSPS) is 19.9. The van der Waals surface area contributed by atoms with Gasteiger partial charge in [-0.15, -0.1) is 23.1 Å². The Balaban J connectivity index is 1.60. The number of carbonyl (C=O) groups excluding carboxylic acids is 2. The molecular weight excluding hydrogens is 502 g/mol. The minimum atomic E-state index is -1.45. The van der Waals surface area contributed by atoms with Crippen LogP contribution in [0.2, 0.25) is 0 Å². The molecule has 1 aromatic carbocycles. The third kappa shape index (κ3) is 4.05. The second-order valence-corrected chi connectivity index (χ2v) is 9.39. The number of thiazole rings is 1. The monoisotopic (exact) mass is 521 g/mol. The van der Waals surface area contributed by atoms with Crippen LogP contribution in [0.4, 0.5) is 5.13 Å². The zero-order valence-corrected chi connectivity index (χ0v) is 20.0. The Morgan fingerprint density at radius 1 is 1.34 bits per heavy atom. The Bertz CT molecular complexity index is 1360. The van der Waals surface area contributed by atoms with Crippen LogP contribution in [-0.4, -0.2) is 69.4 Å². The molecule has 0 radical (unpaired) electrons. The van der Waals surface area contributed by atoms with Crippen molar-refractivity contribution < 1.29 is 29.1 Å². The van der Waals surface area contributed by atoms with E-state index in [1.165, 1.54) is 12.5 Å². The average Bonchev–Trinajstić information content (AvgIpc) is 3.27. The number of anilines is 1. The summed E-state index contributed by atoms with van der Waals surface area (Å²) >= 11 is 2.23. The molecule has 2 aromatic rings. The smallest absolute Gasteiger partial charge is 0.352 e. The first-order chi connectivity index (χ1) is 16.7. The number of fused-ring (bicyclic) bond motifs is 1. The van der Waals surface area contributed by atoms with Crippen molar-refractivity contribution in [3.63, 3.8) is 0 Å². The zero-order valence-electron chi connectivity index (χ0n) is 18.4. The topological polar surface area (TPSA) is 191 Å². The van der Waals surface area contributed by atoms with Gasteiger partial charge in [0.1, 0.15) is 29.9 Å². The maximum atomic E-state index is 12.9. The van der Waals surface area contributed by atoms with Gasteiger partial charge in [0.05, 0.1) is 12.2 Å². The van der Waals surface area contributed by atoms with Crippen LogP contribution in [0.15, 0.2) is 25.8 Å². The third-order valence-electron chi connectivity index (χ3n) is 5.24. The summed E-state index contributed by atoms with van der Waals surface area (Å²) in [4.78, 5) is 71.8. The fraction of sp³-hybridized carbons (Fsp3) is 0.350. The first-order valence-corrected chi connectivity index (χ1v) is 12.1. The van der Waals surface area contributed by atoms with E-state index in [1.807, 2.05) is 6.92 Å². The van der Waals surface area contributed by atoms with Gasteiger partial charge < -0.3 is 25.7 Å². The van der Waals surface area contributed by atoms with E-state index in [9.17, 15) is 29.1 Å². The Hall–Kier alpha value is -3.72. The van der Waals surface area contributed by atoms with Crippen molar-refractivity contribution in [3.05, 3.63) is 42.8 Å². The van der Waals surface area contributed by atoms with Crippen LogP contribution in [-0.2, 0) is 19.2 Å². The first kappa shape index (κ1) is 24.4. The van der Waals surface area contributed by atoms with Gasteiger partial charge in [-0.1, -0.05) is 12.1 Å². The summed E-state index contributed by atoms with van der Waals surface area (Å²) in [7, 11) is 1.24. The molecule has 2 unspecified atom stereocenters. The summed E-state index contributed by atoms with van der Waals surface area (Å²) in [5, 5.41) is 17.0. The molecule has 4 rings (SSSR count). The van der Waals surface area contributed by atoms with Gasteiger partial charge >= 0.3 is 5.97 Å². The van der Waals surface area contributed by atoms with Crippen molar-refractivity contribution in [1.29, 1.82) is 0 Å². The number of nitrogens with one attached hydrogen (secondary N) is 1. The summed E-state index contributed by atoms with van der Waals surface area (Å²) in [6.45, 7) is 1.99. The summed E-state index contributed by atoms with van der Waals surface area (Å²) < 4.78 is 5.35. The van der Waals surface area contributed by atoms with Crippen LogP contribution in [0.5, 0.6) is 5.75 Å². The number of thioether (sulfide) groups is 1. The molecule has 35 heavy (non-hydrogen) atoms. The van der Waals surface area contributed by atoms with Crippen LogP contribution < -0.4 is 26.6 Å². The van der Waals surface area contributed by atoms with Crippen molar-refractivity contribution in [3.8, 4) is 5.75 Å². The molecule has 0 spiro atoms. The number of hydrogen-bond acceptors (Lipinski definition) is 12.